The van der Waals surface area contributed by atoms with E-state index in [2.05, 4.69) is 10.3 Å². The molecule has 2 rings (SSSR count). The fourth-order valence-electron chi connectivity index (χ4n) is 1.41. The molecule has 5 heteroatoms. The van der Waals surface area contributed by atoms with Gasteiger partial charge < -0.3 is 11.1 Å². The van der Waals surface area contributed by atoms with Crippen molar-refractivity contribution in [1.29, 1.82) is 0 Å². The van der Waals surface area contributed by atoms with Crippen molar-refractivity contribution in [3.63, 3.8) is 0 Å². The van der Waals surface area contributed by atoms with E-state index in [-0.39, 0.29) is 11.3 Å². The van der Waals surface area contributed by atoms with Crippen molar-refractivity contribution >= 4 is 17.3 Å². The van der Waals surface area contributed by atoms with Crippen LogP contribution in [0, 0.1) is 5.82 Å². The standard InChI is InChI=1S/C12H10FN3O/c13-9-4-1-5-10(14)11(9)12(17)16-8-3-2-6-15-7-8/h1-7H,14H2,(H,16,17). The molecule has 2 aromatic rings. The predicted octanol–water partition coefficient (Wildman–Crippen LogP) is 2.06. The minimum absolute atomic E-state index is 0.103. The summed E-state index contributed by atoms with van der Waals surface area (Å²) in [6.07, 6.45) is 3.04. The predicted molar refractivity (Wildman–Crippen MR) is 63.0 cm³/mol. The largest absolute Gasteiger partial charge is 0.398 e. The number of nitrogen functional groups attached to an aromatic ring is 1. The van der Waals surface area contributed by atoms with Crippen LogP contribution in [-0.2, 0) is 0 Å². The van der Waals surface area contributed by atoms with Crippen LogP contribution in [0.25, 0.3) is 0 Å². The zero-order chi connectivity index (χ0) is 12.3. The summed E-state index contributed by atoms with van der Waals surface area (Å²) in [5.41, 5.74) is 5.99. The van der Waals surface area contributed by atoms with Crippen molar-refractivity contribution in [2.75, 3.05) is 11.1 Å². The molecule has 0 saturated heterocycles. The third-order valence-electron chi connectivity index (χ3n) is 2.19. The minimum Gasteiger partial charge on any atom is -0.398 e. The molecule has 0 fully saturated rings. The van der Waals surface area contributed by atoms with E-state index in [4.69, 9.17) is 5.73 Å². The van der Waals surface area contributed by atoms with Crippen molar-refractivity contribution in [1.82, 2.24) is 4.98 Å². The van der Waals surface area contributed by atoms with Gasteiger partial charge in [0.1, 0.15) is 5.82 Å². The molecular weight excluding hydrogens is 221 g/mol. The zero-order valence-electron chi connectivity index (χ0n) is 8.85. The van der Waals surface area contributed by atoms with Crippen LogP contribution in [0.5, 0.6) is 0 Å². The Bertz CT molecular complexity index is 522. The number of nitrogens with one attached hydrogen (secondary N) is 1. The van der Waals surface area contributed by atoms with E-state index in [0.717, 1.165) is 0 Å². The monoisotopic (exact) mass is 231 g/mol. The maximum Gasteiger partial charge on any atom is 0.260 e. The molecule has 0 atom stereocenters. The third kappa shape index (κ3) is 2.39. The average Bonchev–Trinajstić information content (AvgIpc) is 2.30. The van der Waals surface area contributed by atoms with Crippen LogP contribution in [0.15, 0.2) is 42.7 Å². The van der Waals surface area contributed by atoms with Crippen LogP contribution < -0.4 is 11.1 Å². The fraction of sp³-hybridized carbons (Fsp3) is 0. The molecule has 0 spiro atoms. The second-order valence-electron chi connectivity index (χ2n) is 3.40. The summed E-state index contributed by atoms with van der Waals surface area (Å²) >= 11 is 0. The van der Waals surface area contributed by atoms with Crippen molar-refractivity contribution in [3.8, 4) is 0 Å². The lowest BCUT2D eigenvalue weighted by Crippen LogP contribution is -2.16. The van der Waals surface area contributed by atoms with Crippen LogP contribution in [0.2, 0.25) is 0 Å². The number of hydrogen-bond acceptors (Lipinski definition) is 3. The summed E-state index contributed by atoms with van der Waals surface area (Å²) < 4.78 is 13.4. The van der Waals surface area contributed by atoms with Crippen LogP contribution >= 0.6 is 0 Å². The average molecular weight is 231 g/mol. The topological polar surface area (TPSA) is 68.0 Å². The summed E-state index contributed by atoms with van der Waals surface area (Å²) in [7, 11) is 0. The molecule has 0 radical (unpaired) electrons. The molecule has 4 nitrogen and oxygen atoms in total. The Morgan fingerprint density at radius 1 is 1.29 bits per heavy atom. The number of carbonyl (C=O) groups is 1. The summed E-state index contributed by atoms with van der Waals surface area (Å²) in [6.45, 7) is 0. The van der Waals surface area contributed by atoms with Crippen LogP contribution in [0.3, 0.4) is 0 Å². The van der Waals surface area contributed by atoms with Crippen LogP contribution in [0.4, 0.5) is 15.8 Å². The fourth-order valence-corrected chi connectivity index (χ4v) is 1.41. The number of pyridine rings is 1. The Morgan fingerprint density at radius 2 is 2.12 bits per heavy atom. The highest BCUT2D eigenvalue weighted by Crippen LogP contribution is 2.17. The number of amides is 1. The number of rotatable bonds is 2. The van der Waals surface area contributed by atoms with Gasteiger partial charge in [-0.1, -0.05) is 6.07 Å². The first-order valence-corrected chi connectivity index (χ1v) is 4.94. The molecule has 0 aliphatic rings. The molecule has 0 saturated carbocycles. The minimum atomic E-state index is -0.647. The Hall–Kier alpha value is -2.43. The highest BCUT2D eigenvalue weighted by Gasteiger charge is 2.14. The summed E-state index contributed by atoms with van der Waals surface area (Å²) in [5.74, 6) is -1.24. The van der Waals surface area contributed by atoms with E-state index >= 15 is 0 Å². The van der Waals surface area contributed by atoms with Gasteiger partial charge >= 0.3 is 0 Å². The Morgan fingerprint density at radius 3 is 2.76 bits per heavy atom. The van der Waals surface area contributed by atoms with Gasteiger partial charge in [-0.15, -0.1) is 0 Å². The van der Waals surface area contributed by atoms with Gasteiger partial charge in [0.25, 0.3) is 5.91 Å². The van der Waals surface area contributed by atoms with Gasteiger partial charge in [0.05, 0.1) is 17.4 Å². The first-order chi connectivity index (χ1) is 8.18. The van der Waals surface area contributed by atoms with E-state index in [9.17, 15) is 9.18 Å². The lowest BCUT2D eigenvalue weighted by molar-refractivity contribution is 0.102. The maximum absolute atomic E-state index is 13.4. The Kier molecular flexibility index (Phi) is 3.00. The van der Waals surface area contributed by atoms with E-state index in [1.165, 1.54) is 24.4 Å². The second kappa shape index (κ2) is 4.61. The molecule has 1 amide bonds. The molecule has 1 aromatic carbocycles. The number of benzene rings is 1. The second-order valence-corrected chi connectivity index (χ2v) is 3.40. The van der Waals surface area contributed by atoms with Gasteiger partial charge in [-0.25, -0.2) is 4.39 Å². The highest BCUT2D eigenvalue weighted by molar-refractivity contribution is 6.07. The van der Waals surface area contributed by atoms with Gasteiger partial charge in [0.2, 0.25) is 0 Å². The number of halogens is 1. The molecular formula is C12H10FN3O. The molecule has 3 N–H and O–H groups in total. The highest BCUT2D eigenvalue weighted by atomic mass is 19.1. The first-order valence-electron chi connectivity index (χ1n) is 4.94. The number of nitrogens with zero attached hydrogens (tertiary/aromatic N) is 1. The Balaban J connectivity index is 2.27. The number of hydrogen-bond donors (Lipinski definition) is 2. The number of anilines is 2. The first kappa shape index (κ1) is 11.1. The van der Waals surface area contributed by atoms with Gasteiger partial charge in [-0.05, 0) is 24.3 Å². The lowest BCUT2D eigenvalue weighted by Gasteiger charge is -2.07. The SMILES string of the molecule is Nc1cccc(F)c1C(=O)Nc1cccnc1. The van der Waals surface area contributed by atoms with E-state index in [0.29, 0.717) is 5.69 Å². The molecule has 0 unspecified atom stereocenters. The van der Waals surface area contributed by atoms with Crippen molar-refractivity contribution in [2.24, 2.45) is 0 Å². The van der Waals surface area contributed by atoms with Crippen molar-refractivity contribution in [3.05, 3.63) is 54.1 Å². The normalized spacial score (nSPS) is 9.94. The lowest BCUT2D eigenvalue weighted by atomic mass is 10.1. The molecule has 1 heterocycles. The smallest absolute Gasteiger partial charge is 0.260 e. The molecule has 0 aliphatic heterocycles. The van der Waals surface area contributed by atoms with Gasteiger partial charge in [-0.3, -0.25) is 9.78 Å². The molecule has 86 valence electrons. The van der Waals surface area contributed by atoms with Gasteiger partial charge in [-0.2, -0.15) is 0 Å². The maximum atomic E-state index is 13.4. The van der Waals surface area contributed by atoms with Crippen molar-refractivity contribution in [2.45, 2.75) is 0 Å². The number of nitrogens with two attached hydrogens (primary N) is 1. The van der Waals surface area contributed by atoms with Crippen LogP contribution in [0.1, 0.15) is 10.4 Å². The molecule has 17 heavy (non-hydrogen) atoms. The third-order valence-corrected chi connectivity index (χ3v) is 2.19. The summed E-state index contributed by atoms with van der Waals surface area (Å²) in [5, 5.41) is 2.52. The van der Waals surface area contributed by atoms with Crippen LogP contribution in [-0.4, -0.2) is 10.9 Å². The van der Waals surface area contributed by atoms with Gasteiger partial charge in [0, 0.05) is 11.9 Å². The van der Waals surface area contributed by atoms with Crippen molar-refractivity contribution < 1.29 is 9.18 Å². The summed E-state index contributed by atoms with van der Waals surface area (Å²) in [4.78, 5) is 15.6. The Labute approximate surface area is 97.3 Å². The molecule has 0 aliphatic carbocycles. The van der Waals surface area contributed by atoms with E-state index in [1.54, 1.807) is 18.3 Å². The summed E-state index contributed by atoms with van der Waals surface area (Å²) in [6, 6.07) is 7.43. The number of carbonyl (C=O) groups excluding carboxylic acids is 1. The van der Waals surface area contributed by atoms with E-state index < -0.39 is 11.7 Å². The molecule has 1 aromatic heterocycles. The molecule has 0 bridgehead atoms. The number of aromatic nitrogens is 1. The quantitative estimate of drug-likeness (QED) is 0.777. The van der Waals surface area contributed by atoms with E-state index in [1.807, 2.05) is 0 Å². The zero-order valence-corrected chi connectivity index (χ0v) is 8.85. The van der Waals surface area contributed by atoms with Gasteiger partial charge in [0.15, 0.2) is 0 Å².